The summed E-state index contributed by atoms with van der Waals surface area (Å²) in [6.45, 7) is 11.9. The van der Waals surface area contributed by atoms with Crippen molar-refractivity contribution in [3.63, 3.8) is 0 Å². The van der Waals surface area contributed by atoms with E-state index in [1.165, 1.54) is 25.7 Å². The minimum atomic E-state index is 0.379. The maximum absolute atomic E-state index is 2.52. The summed E-state index contributed by atoms with van der Waals surface area (Å²) >= 11 is 0. The smallest absolute Gasteiger partial charge is 0.00976 e. The van der Waals surface area contributed by atoms with Gasteiger partial charge in [0.2, 0.25) is 0 Å². The zero-order valence-electron chi connectivity index (χ0n) is 10.9. The number of fused-ring (bicyclic) bond motifs is 1. The molecule has 1 unspecified atom stereocenters. The lowest BCUT2D eigenvalue weighted by Gasteiger charge is -2.49. The van der Waals surface area contributed by atoms with E-state index in [0.29, 0.717) is 10.8 Å². The quantitative estimate of drug-likeness (QED) is 0.494. The molecule has 2 rings (SSSR count). The van der Waals surface area contributed by atoms with E-state index in [-0.39, 0.29) is 0 Å². The number of hydrogen-bond donors (Lipinski definition) is 0. The fourth-order valence-electron chi connectivity index (χ4n) is 3.67. The van der Waals surface area contributed by atoms with Crippen molar-refractivity contribution in [1.29, 1.82) is 0 Å². The molecular formula is C15H24. The Morgan fingerprint density at radius 1 is 1.07 bits per heavy atom. The molecule has 1 fully saturated rings. The number of hydrogen-bond acceptors (Lipinski definition) is 0. The van der Waals surface area contributed by atoms with Crippen molar-refractivity contribution >= 4 is 0 Å². The Hall–Kier alpha value is -0.520. The zero-order valence-corrected chi connectivity index (χ0v) is 10.9. The largest absolute Gasteiger partial charge is 0.0798 e. The summed E-state index contributed by atoms with van der Waals surface area (Å²) in [5.41, 5.74) is 5.76. The lowest BCUT2D eigenvalue weighted by Crippen LogP contribution is -2.37. The van der Waals surface area contributed by atoms with Gasteiger partial charge in [-0.15, -0.1) is 0 Å². The van der Waals surface area contributed by atoms with Gasteiger partial charge in [-0.05, 0) is 38.5 Å². The first-order chi connectivity index (χ1) is 6.88. The number of rotatable bonds is 0. The van der Waals surface area contributed by atoms with Gasteiger partial charge < -0.3 is 0 Å². The Morgan fingerprint density at radius 2 is 1.73 bits per heavy atom. The highest BCUT2D eigenvalue weighted by Crippen LogP contribution is 2.56. The van der Waals surface area contributed by atoms with Crippen LogP contribution >= 0.6 is 0 Å². The Balaban J connectivity index is 2.48. The highest BCUT2D eigenvalue weighted by atomic mass is 14.5. The van der Waals surface area contributed by atoms with Crippen LogP contribution in [0.3, 0.4) is 0 Å². The van der Waals surface area contributed by atoms with E-state index in [9.17, 15) is 0 Å². The van der Waals surface area contributed by atoms with E-state index in [1.807, 2.05) is 0 Å². The second kappa shape index (κ2) is 3.23. The normalized spacial score (nSPS) is 34.9. The summed E-state index contributed by atoms with van der Waals surface area (Å²) in [4.78, 5) is 0. The van der Waals surface area contributed by atoms with Crippen LogP contribution in [0.2, 0.25) is 0 Å². The van der Waals surface area contributed by atoms with Gasteiger partial charge in [-0.25, -0.2) is 0 Å². The summed E-state index contributed by atoms with van der Waals surface area (Å²) in [5, 5.41) is 0. The van der Waals surface area contributed by atoms with E-state index in [2.05, 4.69) is 40.7 Å². The summed E-state index contributed by atoms with van der Waals surface area (Å²) in [6, 6.07) is 0. The monoisotopic (exact) mass is 204 g/mol. The molecule has 0 aromatic carbocycles. The molecule has 0 saturated heterocycles. The van der Waals surface area contributed by atoms with Crippen molar-refractivity contribution < 1.29 is 0 Å². The van der Waals surface area contributed by atoms with Crippen molar-refractivity contribution in [2.45, 2.75) is 60.3 Å². The Bertz CT molecular complexity index is 341. The van der Waals surface area contributed by atoms with Crippen molar-refractivity contribution in [3.8, 4) is 0 Å². The van der Waals surface area contributed by atoms with Gasteiger partial charge in [0.25, 0.3) is 0 Å². The van der Waals surface area contributed by atoms with Crippen LogP contribution in [-0.2, 0) is 0 Å². The average molecular weight is 204 g/mol. The SMILES string of the molecule is CC1=C(C)C2(C)CCCC(C)(C)C2=CC1. The molecule has 2 aliphatic carbocycles. The molecule has 0 bridgehead atoms. The molecule has 0 nitrogen and oxygen atoms in total. The van der Waals surface area contributed by atoms with Gasteiger partial charge in [0.05, 0.1) is 0 Å². The molecule has 1 saturated carbocycles. The van der Waals surface area contributed by atoms with Crippen LogP contribution in [0.1, 0.15) is 60.3 Å². The van der Waals surface area contributed by atoms with E-state index >= 15 is 0 Å². The van der Waals surface area contributed by atoms with Crippen LogP contribution in [0.15, 0.2) is 22.8 Å². The topological polar surface area (TPSA) is 0 Å². The highest BCUT2D eigenvalue weighted by Gasteiger charge is 2.43. The molecule has 0 radical (unpaired) electrons. The molecule has 1 atom stereocenters. The molecule has 0 aliphatic heterocycles. The third-order valence-electron chi connectivity index (χ3n) is 4.88. The molecule has 0 spiro atoms. The van der Waals surface area contributed by atoms with Crippen molar-refractivity contribution in [2.75, 3.05) is 0 Å². The fraction of sp³-hybridized carbons (Fsp3) is 0.733. The second-order valence-corrected chi connectivity index (χ2v) is 6.30. The van der Waals surface area contributed by atoms with Gasteiger partial charge in [0.1, 0.15) is 0 Å². The maximum atomic E-state index is 2.52. The lowest BCUT2D eigenvalue weighted by molar-refractivity contribution is 0.224. The first kappa shape index (κ1) is 11.0. The van der Waals surface area contributed by atoms with Crippen LogP contribution in [0, 0.1) is 10.8 Å². The minimum absolute atomic E-state index is 0.379. The first-order valence-electron chi connectivity index (χ1n) is 6.26. The minimum Gasteiger partial charge on any atom is -0.0798 e. The van der Waals surface area contributed by atoms with Crippen LogP contribution in [0.25, 0.3) is 0 Å². The van der Waals surface area contributed by atoms with E-state index in [1.54, 1.807) is 16.7 Å². The molecule has 0 heteroatoms. The molecule has 0 N–H and O–H groups in total. The molecular weight excluding hydrogens is 180 g/mol. The molecule has 0 aromatic heterocycles. The molecule has 2 aliphatic rings. The van der Waals surface area contributed by atoms with Gasteiger partial charge in [-0.1, -0.05) is 50.0 Å². The third kappa shape index (κ3) is 1.49. The third-order valence-corrected chi connectivity index (χ3v) is 4.88. The van der Waals surface area contributed by atoms with Gasteiger partial charge in [0, 0.05) is 5.41 Å². The van der Waals surface area contributed by atoms with Gasteiger partial charge in [-0.2, -0.15) is 0 Å². The summed E-state index contributed by atoms with van der Waals surface area (Å²) < 4.78 is 0. The summed E-state index contributed by atoms with van der Waals surface area (Å²) in [6.07, 6.45) is 7.79. The molecule has 0 heterocycles. The molecule has 84 valence electrons. The molecule has 15 heavy (non-hydrogen) atoms. The lowest BCUT2D eigenvalue weighted by atomic mass is 9.55. The van der Waals surface area contributed by atoms with Gasteiger partial charge in [-0.3, -0.25) is 0 Å². The summed E-state index contributed by atoms with van der Waals surface area (Å²) in [5.74, 6) is 0. The van der Waals surface area contributed by atoms with E-state index < -0.39 is 0 Å². The summed E-state index contributed by atoms with van der Waals surface area (Å²) in [7, 11) is 0. The second-order valence-electron chi connectivity index (χ2n) is 6.30. The van der Waals surface area contributed by atoms with Crippen molar-refractivity contribution in [3.05, 3.63) is 22.8 Å². The van der Waals surface area contributed by atoms with E-state index in [0.717, 1.165) is 0 Å². The highest BCUT2D eigenvalue weighted by molar-refractivity contribution is 5.40. The zero-order chi connectivity index (χ0) is 11.3. The van der Waals surface area contributed by atoms with Crippen LogP contribution in [-0.4, -0.2) is 0 Å². The molecule has 0 aromatic rings. The Labute approximate surface area is 94.5 Å². The predicted molar refractivity (Wildman–Crippen MR) is 66.8 cm³/mol. The Kier molecular flexibility index (Phi) is 2.37. The van der Waals surface area contributed by atoms with Crippen LogP contribution < -0.4 is 0 Å². The number of allylic oxidation sites excluding steroid dienone is 4. The fourth-order valence-corrected chi connectivity index (χ4v) is 3.67. The molecule has 0 amide bonds. The van der Waals surface area contributed by atoms with Crippen molar-refractivity contribution in [2.24, 2.45) is 10.8 Å². The van der Waals surface area contributed by atoms with E-state index in [4.69, 9.17) is 0 Å². The predicted octanol–water partition coefficient (Wildman–Crippen LogP) is 4.87. The van der Waals surface area contributed by atoms with Crippen LogP contribution in [0.5, 0.6) is 0 Å². The van der Waals surface area contributed by atoms with Crippen LogP contribution in [0.4, 0.5) is 0 Å². The Morgan fingerprint density at radius 3 is 2.40 bits per heavy atom. The standard InChI is InChI=1S/C15H24/c1-11-7-8-13-14(3,4)9-6-10-15(13,5)12(11)2/h8H,6-7,9-10H2,1-5H3. The van der Waals surface area contributed by atoms with Gasteiger partial charge in [0.15, 0.2) is 0 Å². The first-order valence-corrected chi connectivity index (χ1v) is 6.26. The maximum Gasteiger partial charge on any atom is 0.00976 e. The van der Waals surface area contributed by atoms with Gasteiger partial charge >= 0.3 is 0 Å². The average Bonchev–Trinajstić information content (AvgIpc) is 2.12. The van der Waals surface area contributed by atoms with Crippen molar-refractivity contribution in [1.82, 2.24) is 0 Å².